The number of carbonyl (C=O) groups excluding carboxylic acids is 1. The second kappa shape index (κ2) is 7.19. The van der Waals surface area contributed by atoms with Crippen LogP contribution < -0.4 is 15.4 Å². The van der Waals surface area contributed by atoms with Crippen molar-refractivity contribution in [2.24, 2.45) is 5.41 Å². The van der Waals surface area contributed by atoms with Crippen molar-refractivity contribution in [3.8, 4) is 5.75 Å². The Bertz CT molecular complexity index is 556. The van der Waals surface area contributed by atoms with Gasteiger partial charge in [-0.25, -0.2) is 4.79 Å². The first kappa shape index (κ1) is 16.1. The van der Waals surface area contributed by atoms with E-state index < -0.39 is 0 Å². The molecule has 0 radical (unpaired) electrons. The van der Waals surface area contributed by atoms with Crippen LogP contribution in [0.3, 0.4) is 0 Å². The van der Waals surface area contributed by atoms with Crippen LogP contribution in [0.25, 0.3) is 0 Å². The fourth-order valence-electron chi connectivity index (χ4n) is 3.02. The van der Waals surface area contributed by atoms with Crippen LogP contribution in [0.1, 0.15) is 17.5 Å². The van der Waals surface area contributed by atoms with Crippen LogP contribution in [0.5, 0.6) is 5.75 Å². The number of benzene rings is 1. The minimum atomic E-state index is -0.322. The molecule has 6 nitrogen and oxygen atoms in total. The molecule has 0 spiro atoms. The molecule has 6 heteroatoms. The molecule has 1 unspecified atom stereocenters. The standard InChI is InChI=1S/C17H24N2O4/c20-11-17(5-8-22-12-17)10-19-16(21)18-6-3-13-1-2-15-14(9-13)4-7-23-15/h1-2,9,20H,3-8,10-12H2,(H2,18,19,21). The molecule has 0 aliphatic carbocycles. The Balaban J connectivity index is 1.39. The van der Waals surface area contributed by atoms with Crippen molar-refractivity contribution in [1.82, 2.24) is 10.6 Å². The predicted molar refractivity (Wildman–Crippen MR) is 85.7 cm³/mol. The van der Waals surface area contributed by atoms with Gasteiger partial charge in [-0.15, -0.1) is 0 Å². The van der Waals surface area contributed by atoms with Gasteiger partial charge in [0.2, 0.25) is 0 Å². The zero-order valence-electron chi connectivity index (χ0n) is 13.3. The number of fused-ring (bicyclic) bond motifs is 1. The Labute approximate surface area is 136 Å². The summed E-state index contributed by atoms with van der Waals surface area (Å²) in [7, 11) is 0. The highest BCUT2D eigenvalue weighted by molar-refractivity contribution is 5.73. The number of ether oxygens (including phenoxy) is 2. The van der Waals surface area contributed by atoms with Crippen molar-refractivity contribution in [1.29, 1.82) is 0 Å². The maximum atomic E-state index is 11.9. The van der Waals surface area contributed by atoms with E-state index in [2.05, 4.69) is 16.7 Å². The molecule has 1 fully saturated rings. The molecule has 2 heterocycles. The van der Waals surface area contributed by atoms with E-state index in [1.807, 2.05) is 12.1 Å². The average molecular weight is 320 g/mol. The topological polar surface area (TPSA) is 79.8 Å². The molecular formula is C17H24N2O4. The first-order chi connectivity index (χ1) is 11.2. The zero-order chi connectivity index (χ0) is 16.1. The van der Waals surface area contributed by atoms with Gasteiger partial charge in [-0.2, -0.15) is 0 Å². The lowest BCUT2D eigenvalue weighted by atomic mass is 9.88. The van der Waals surface area contributed by atoms with Gasteiger partial charge in [0.25, 0.3) is 0 Å². The summed E-state index contributed by atoms with van der Waals surface area (Å²) in [5, 5.41) is 15.2. The minimum absolute atomic E-state index is 0.0322. The number of aliphatic hydroxyl groups excluding tert-OH is 1. The van der Waals surface area contributed by atoms with Crippen LogP contribution in [0, 0.1) is 5.41 Å². The number of hydrogen-bond donors (Lipinski definition) is 3. The summed E-state index contributed by atoms with van der Waals surface area (Å²) in [5.41, 5.74) is 2.13. The van der Waals surface area contributed by atoms with E-state index in [-0.39, 0.29) is 18.1 Å². The molecule has 3 rings (SSSR count). The Morgan fingerprint density at radius 1 is 1.30 bits per heavy atom. The van der Waals surface area contributed by atoms with Gasteiger partial charge in [0.05, 0.1) is 19.8 Å². The summed E-state index contributed by atoms with van der Waals surface area (Å²) >= 11 is 0. The maximum Gasteiger partial charge on any atom is 0.314 e. The Kier molecular flexibility index (Phi) is 5.03. The molecule has 1 aromatic carbocycles. The van der Waals surface area contributed by atoms with Crippen LogP contribution in [-0.2, 0) is 17.6 Å². The van der Waals surface area contributed by atoms with Gasteiger partial charge in [-0.3, -0.25) is 0 Å². The number of amides is 2. The van der Waals surface area contributed by atoms with Crippen molar-refractivity contribution in [2.75, 3.05) is 39.5 Å². The molecule has 23 heavy (non-hydrogen) atoms. The van der Waals surface area contributed by atoms with Crippen molar-refractivity contribution in [2.45, 2.75) is 19.3 Å². The summed E-state index contributed by atoms with van der Waals surface area (Å²) in [6.45, 7) is 2.95. The van der Waals surface area contributed by atoms with Gasteiger partial charge in [-0.1, -0.05) is 12.1 Å². The summed E-state index contributed by atoms with van der Waals surface area (Å²) in [6.07, 6.45) is 2.53. The first-order valence-electron chi connectivity index (χ1n) is 8.16. The highest BCUT2D eigenvalue weighted by Gasteiger charge is 2.34. The lowest BCUT2D eigenvalue weighted by molar-refractivity contribution is 0.0942. The second-order valence-corrected chi connectivity index (χ2v) is 6.36. The van der Waals surface area contributed by atoms with E-state index in [1.165, 1.54) is 11.1 Å². The van der Waals surface area contributed by atoms with Crippen molar-refractivity contribution >= 4 is 6.03 Å². The summed E-state index contributed by atoms with van der Waals surface area (Å²) in [4.78, 5) is 11.9. The van der Waals surface area contributed by atoms with Gasteiger partial charge in [0.1, 0.15) is 5.75 Å². The van der Waals surface area contributed by atoms with E-state index in [1.54, 1.807) is 0 Å². The number of nitrogens with one attached hydrogen (secondary N) is 2. The molecule has 2 aliphatic heterocycles. The molecule has 3 N–H and O–H groups in total. The molecule has 1 atom stereocenters. The minimum Gasteiger partial charge on any atom is -0.493 e. The van der Waals surface area contributed by atoms with Gasteiger partial charge in [0, 0.05) is 31.5 Å². The molecule has 1 saturated heterocycles. The lowest BCUT2D eigenvalue weighted by Crippen LogP contribution is -2.45. The SMILES string of the molecule is O=C(NCCc1ccc2c(c1)CCO2)NCC1(CO)CCOC1. The van der Waals surface area contributed by atoms with Crippen LogP contribution in [0.2, 0.25) is 0 Å². The number of carbonyl (C=O) groups is 1. The zero-order valence-corrected chi connectivity index (χ0v) is 13.3. The molecule has 2 aliphatic rings. The predicted octanol–water partition coefficient (Wildman–Crippen LogP) is 0.862. The third-order valence-corrected chi connectivity index (χ3v) is 4.60. The number of rotatable bonds is 6. The fourth-order valence-corrected chi connectivity index (χ4v) is 3.02. The van der Waals surface area contributed by atoms with Crippen molar-refractivity contribution in [3.05, 3.63) is 29.3 Å². The van der Waals surface area contributed by atoms with Gasteiger partial charge in [0.15, 0.2) is 0 Å². The van der Waals surface area contributed by atoms with E-state index in [9.17, 15) is 9.90 Å². The van der Waals surface area contributed by atoms with Crippen molar-refractivity contribution in [3.63, 3.8) is 0 Å². The van der Waals surface area contributed by atoms with E-state index >= 15 is 0 Å². The number of urea groups is 1. The largest absolute Gasteiger partial charge is 0.493 e. The smallest absolute Gasteiger partial charge is 0.314 e. The van der Waals surface area contributed by atoms with Gasteiger partial charge < -0.3 is 25.2 Å². The third-order valence-electron chi connectivity index (χ3n) is 4.60. The van der Waals surface area contributed by atoms with Crippen LogP contribution in [0.15, 0.2) is 18.2 Å². The third kappa shape index (κ3) is 3.95. The summed E-state index contributed by atoms with van der Waals surface area (Å²) < 4.78 is 10.8. The Morgan fingerprint density at radius 3 is 3.00 bits per heavy atom. The lowest BCUT2D eigenvalue weighted by Gasteiger charge is -2.24. The van der Waals surface area contributed by atoms with Crippen LogP contribution in [0.4, 0.5) is 4.79 Å². The second-order valence-electron chi connectivity index (χ2n) is 6.36. The molecule has 0 saturated carbocycles. The molecular weight excluding hydrogens is 296 g/mol. The normalized spacial score (nSPS) is 22.5. The Hall–Kier alpha value is -1.79. The highest BCUT2D eigenvalue weighted by atomic mass is 16.5. The Morgan fingerprint density at radius 2 is 2.22 bits per heavy atom. The fraction of sp³-hybridized carbons (Fsp3) is 0.588. The van der Waals surface area contributed by atoms with Crippen molar-refractivity contribution < 1.29 is 19.4 Å². The van der Waals surface area contributed by atoms with E-state index in [4.69, 9.17) is 9.47 Å². The van der Waals surface area contributed by atoms with Crippen LogP contribution in [-0.4, -0.2) is 50.7 Å². The highest BCUT2D eigenvalue weighted by Crippen LogP contribution is 2.27. The monoisotopic (exact) mass is 320 g/mol. The van der Waals surface area contributed by atoms with Crippen LogP contribution >= 0.6 is 0 Å². The maximum absolute atomic E-state index is 11.9. The van der Waals surface area contributed by atoms with E-state index in [0.717, 1.165) is 31.6 Å². The average Bonchev–Trinajstić information content (AvgIpc) is 3.22. The number of hydrogen-bond acceptors (Lipinski definition) is 4. The molecule has 0 bridgehead atoms. The van der Waals surface area contributed by atoms with E-state index in [0.29, 0.717) is 26.3 Å². The summed E-state index contributed by atoms with van der Waals surface area (Å²) in [5.74, 6) is 0.979. The quantitative estimate of drug-likeness (QED) is 0.726. The first-order valence-corrected chi connectivity index (χ1v) is 8.16. The summed E-state index contributed by atoms with van der Waals surface area (Å²) in [6, 6.07) is 6.00. The van der Waals surface area contributed by atoms with Gasteiger partial charge in [-0.05, 0) is 30.0 Å². The molecule has 2 amide bonds. The number of aliphatic hydroxyl groups is 1. The molecule has 126 valence electrons. The molecule has 1 aromatic rings. The van der Waals surface area contributed by atoms with Gasteiger partial charge >= 0.3 is 6.03 Å². The molecule has 0 aromatic heterocycles.